The molecule has 1 fully saturated rings. The lowest BCUT2D eigenvalue weighted by atomic mass is 9.86. The molecule has 4 nitrogen and oxygen atoms in total. The summed E-state index contributed by atoms with van der Waals surface area (Å²) in [6.07, 6.45) is 9.33. The molecule has 0 unspecified atom stereocenters. The Bertz CT molecular complexity index is 5790. The summed E-state index contributed by atoms with van der Waals surface area (Å²) in [6.45, 7) is 26.7. The Morgan fingerprint density at radius 1 is 0.368 bits per heavy atom. The summed E-state index contributed by atoms with van der Waals surface area (Å²) in [5.74, 6) is -1.24. The molecule has 0 bridgehead atoms. The Morgan fingerprint density at radius 2 is 0.764 bits per heavy atom. The van der Waals surface area contributed by atoms with E-state index in [0.29, 0.717) is 38.9 Å². The fourth-order valence-electron chi connectivity index (χ4n) is 14.7. The maximum Gasteiger partial charge on any atom is 0.212 e. The van der Waals surface area contributed by atoms with Crippen LogP contribution in [0.3, 0.4) is 0 Å². The first-order valence-electron chi connectivity index (χ1n) is 45.0. The van der Waals surface area contributed by atoms with Crippen LogP contribution in [0.4, 0.5) is 0 Å². The van der Waals surface area contributed by atoms with Gasteiger partial charge in [0.15, 0.2) is 24.8 Å². The number of nitrogens with zero attached hydrogens (tertiary/aromatic N) is 4. The van der Waals surface area contributed by atoms with Gasteiger partial charge in [0.1, 0.15) is 28.2 Å². The highest BCUT2D eigenvalue weighted by Crippen LogP contribution is 2.40. The van der Waals surface area contributed by atoms with E-state index in [-0.39, 0.29) is 5.92 Å². The molecule has 546 valence electrons. The molecule has 4 heterocycles. The summed E-state index contributed by atoms with van der Waals surface area (Å²) in [4.78, 5) is 0. The van der Waals surface area contributed by atoms with Gasteiger partial charge in [0.25, 0.3) is 0 Å². The standard InChI is InChI=1S/C27H34N.C26H32N.C25H28N.C24H28N/c1-18-11-9-10-12-23(18)24-15-25(21(4)13-20(24)3)26-14-19(2)22(17-28(26)8)16-27(5,6)7;1-17(2)12-22-16-27(7)26(14-19(22)4)25-15-24(20(5)13-21(25)6)23-11-9-8-10-18(23)3;1-18-13-14-22(20-9-5-4-6-10-20)16-23(18)25-15-19(2)24(17-26(25)3)21-11-7-8-12-21;1-16(2)23-15-25(6)24(13-19(23)5)22-14-21(17(3)12-18(22)4)20-10-8-7-9-11-20/h9-15,17H,16H2,1-8H3;8-11,13-17H,12H2,1-7H3;4-6,9-10,13-17,21H,7-8,11-12H2,1-3H3;7-16H,1-6H3/q4*+1/i3D3,16D2;5D3,12D2;21D;3D3,16D. The molecular formula is C102H122N4+4. The Balaban J connectivity index is 0.000000170. The number of pyridine rings is 4. The van der Waals surface area contributed by atoms with Crippen molar-refractivity contribution in [2.75, 3.05) is 0 Å². The number of rotatable bonds is 13. The molecule has 1 saturated carbocycles. The first-order valence-corrected chi connectivity index (χ1v) is 37.5. The molecule has 1 aliphatic rings. The van der Waals surface area contributed by atoms with E-state index in [9.17, 15) is 0 Å². The molecule has 4 heteroatoms. The molecule has 13 rings (SSSR count). The van der Waals surface area contributed by atoms with Crippen molar-refractivity contribution in [3.05, 3.63) is 307 Å². The fraction of sp³-hybridized carbons (Fsp3) is 0.333. The Kier molecular flexibility index (Phi) is 19.6. The SMILES string of the molecule is [2H]C([2H])([2H])c1cc(C)c(-c2cc(C)c(C([2H])(C)C)c[n+]2C)cc1-c1ccccc1.[2H]C([2H])([2H])c1cc(C)c(-c2cc(C)c(C([2H])([2H])C(C)(C)C)c[n+]2C)cc1-c1ccccc1C.[2H]C([2H])([2H])c1cc(C)c(-c2cc(C)c(C([2H])([2H])C(C)C)c[n+]2C)cc1-c1ccccc1C.[2H]C1(c2c[n+](C)c(-c3cc(-c4ccccc4)ccc3C)cc2C)CCCC1. The van der Waals surface area contributed by atoms with Crippen LogP contribution in [0.5, 0.6) is 0 Å². The van der Waals surface area contributed by atoms with E-state index in [2.05, 4.69) is 92.3 Å². The van der Waals surface area contributed by atoms with E-state index in [1.54, 1.807) is 18.2 Å². The van der Waals surface area contributed by atoms with Crippen LogP contribution in [0.25, 0.3) is 89.5 Å². The number of aromatic nitrogens is 4. The Labute approximate surface area is 660 Å². The maximum absolute atomic E-state index is 8.91. The third-order valence-electron chi connectivity index (χ3n) is 20.5. The zero-order valence-corrected chi connectivity index (χ0v) is 66.9. The predicted molar refractivity (Wildman–Crippen MR) is 453 cm³/mol. The Hall–Kier alpha value is -9.64. The van der Waals surface area contributed by atoms with Crippen molar-refractivity contribution in [1.29, 1.82) is 0 Å². The van der Waals surface area contributed by atoms with Crippen LogP contribution in [-0.4, -0.2) is 0 Å². The lowest BCUT2D eigenvalue weighted by Gasteiger charge is -2.19. The predicted octanol–water partition coefficient (Wildman–Crippen LogP) is 25.0. The molecule has 0 spiro atoms. The van der Waals surface area contributed by atoms with Crippen LogP contribution in [0.15, 0.2) is 213 Å². The molecule has 0 saturated heterocycles. The lowest BCUT2D eigenvalue weighted by Crippen LogP contribution is -2.32. The molecule has 0 N–H and O–H groups in total. The van der Waals surface area contributed by atoms with E-state index < -0.39 is 50.5 Å². The minimum Gasteiger partial charge on any atom is -0.201 e. The van der Waals surface area contributed by atoms with Gasteiger partial charge in [-0.2, -0.15) is 0 Å². The molecular weight excluding hydrogens is 1280 g/mol. The van der Waals surface area contributed by atoms with E-state index in [0.717, 1.165) is 119 Å². The second-order valence-corrected chi connectivity index (χ2v) is 31.0. The molecule has 8 aromatic carbocycles. The topological polar surface area (TPSA) is 15.5 Å². The third kappa shape index (κ3) is 18.8. The first-order chi connectivity index (χ1) is 56.2. The molecule has 0 aliphatic heterocycles. The van der Waals surface area contributed by atoms with Gasteiger partial charge >= 0.3 is 0 Å². The second-order valence-electron chi connectivity index (χ2n) is 31.0. The average Bonchev–Trinajstić information content (AvgIpc) is 1.60. The summed E-state index contributed by atoms with van der Waals surface area (Å²) in [5, 5.41) is 0. The van der Waals surface area contributed by atoms with Crippen LogP contribution in [0.2, 0.25) is 0 Å². The molecule has 12 aromatic rings. The smallest absolute Gasteiger partial charge is 0.201 e. The highest BCUT2D eigenvalue weighted by molar-refractivity contribution is 5.80. The summed E-state index contributed by atoms with van der Waals surface area (Å²) in [5.41, 5.74) is 29.6. The fourth-order valence-corrected chi connectivity index (χ4v) is 14.7. The number of hydrogen-bond donors (Lipinski definition) is 0. The molecule has 0 amide bonds. The molecule has 1 aliphatic carbocycles. The van der Waals surface area contributed by atoms with Gasteiger partial charge in [-0.05, 0) is 280 Å². The van der Waals surface area contributed by atoms with Gasteiger partial charge in [-0.1, -0.05) is 201 Å². The summed E-state index contributed by atoms with van der Waals surface area (Å²) in [7, 11) is 7.93. The minimum atomic E-state index is -2.23. The van der Waals surface area contributed by atoms with Crippen LogP contribution in [0, 0.1) is 101 Å². The summed E-state index contributed by atoms with van der Waals surface area (Å²) < 4.78 is 133. The van der Waals surface area contributed by atoms with Gasteiger partial charge in [-0.25, -0.2) is 18.3 Å². The zero-order chi connectivity index (χ0) is 89.5. The van der Waals surface area contributed by atoms with E-state index in [4.69, 9.17) is 20.6 Å². The first kappa shape index (κ1) is 60.5. The number of hydrogen-bond acceptors (Lipinski definition) is 0. The van der Waals surface area contributed by atoms with Crippen molar-refractivity contribution in [3.63, 3.8) is 0 Å². The van der Waals surface area contributed by atoms with Gasteiger partial charge in [-0.3, -0.25) is 0 Å². The minimum absolute atomic E-state index is 0.153. The zero-order valence-electron chi connectivity index (χ0n) is 81.9. The molecule has 4 aromatic heterocycles. The largest absolute Gasteiger partial charge is 0.212 e. The van der Waals surface area contributed by atoms with Crippen LogP contribution < -0.4 is 18.3 Å². The molecule has 106 heavy (non-hydrogen) atoms. The van der Waals surface area contributed by atoms with Crippen molar-refractivity contribution >= 4 is 0 Å². The van der Waals surface area contributed by atoms with Crippen molar-refractivity contribution < 1.29 is 38.8 Å². The third-order valence-corrected chi connectivity index (χ3v) is 20.5. The van der Waals surface area contributed by atoms with Crippen molar-refractivity contribution in [2.24, 2.45) is 39.5 Å². The molecule has 0 radical (unpaired) electrons. The van der Waals surface area contributed by atoms with Crippen LogP contribution in [-0.2, 0) is 40.9 Å². The van der Waals surface area contributed by atoms with Gasteiger partial charge in [0.05, 0.1) is 0 Å². The quantitative estimate of drug-likeness (QED) is 0.102. The number of benzene rings is 8. The van der Waals surface area contributed by atoms with Crippen molar-refractivity contribution in [2.45, 2.75) is 188 Å². The number of aryl methyl sites for hydroxylation is 17. The van der Waals surface area contributed by atoms with E-state index in [1.165, 1.54) is 51.9 Å². The van der Waals surface area contributed by atoms with Gasteiger partial charge in [-0.15, -0.1) is 0 Å². The lowest BCUT2D eigenvalue weighted by molar-refractivity contribution is -0.661. The van der Waals surface area contributed by atoms with E-state index >= 15 is 0 Å². The maximum atomic E-state index is 8.91. The van der Waals surface area contributed by atoms with Gasteiger partial charge < -0.3 is 0 Å². The normalized spacial score (nSPS) is 15.3. The van der Waals surface area contributed by atoms with E-state index in [1.807, 2.05) is 266 Å². The van der Waals surface area contributed by atoms with Gasteiger partial charge in [0.2, 0.25) is 22.8 Å². The van der Waals surface area contributed by atoms with Gasteiger partial charge in [0, 0.05) is 89.3 Å². The molecule has 0 atom stereocenters. The highest BCUT2D eigenvalue weighted by atomic mass is 14.9. The summed E-state index contributed by atoms with van der Waals surface area (Å²) in [6, 6.07) is 62.3. The summed E-state index contributed by atoms with van der Waals surface area (Å²) >= 11 is 0. The highest BCUT2D eigenvalue weighted by Gasteiger charge is 2.27. The monoisotopic (exact) mass is 1420 g/mol. The average molecular weight is 1420 g/mol. The van der Waals surface area contributed by atoms with Crippen molar-refractivity contribution in [1.82, 2.24) is 0 Å². The Morgan fingerprint density at radius 3 is 1.24 bits per heavy atom. The van der Waals surface area contributed by atoms with Crippen LogP contribution in [0.1, 0.15) is 201 Å². The van der Waals surface area contributed by atoms with Crippen molar-refractivity contribution in [3.8, 4) is 89.5 Å². The van der Waals surface area contributed by atoms with Crippen LogP contribution >= 0.6 is 0 Å². The second kappa shape index (κ2) is 34.3.